The fourth-order valence-electron chi connectivity index (χ4n) is 2.07. The predicted molar refractivity (Wildman–Crippen MR) is 74.2 cm³/mol. The predicted octanol–water partition coefficient (Wildman–Crippen LogP) is 1.51. The molecule has 0 saturated carbocycles. The topological polar surface area (TPSA) is 57.4 Å². The molecule has 0 aromatic carbocycles. The Labute approximate surface area is 112 Å². The van der Waals surface area contributed by atoms with Gasteiger partial charge in [-0.05, 0) is 26.3 Å². The van der Waals surface area contributed by atoms with Crippen LogP contribution in [0.25, 0.3) is 0 Å². The van der Waals surface area contributed by atoms with Gasteiger partial charge in [0.25, 0.3) is 5.91 Å². The van der Waals surface area contributed by atoms with Crippen molar-refractivity contribution in [1.29, 1.82) is 0 Å². The molecule has 0 radical (unpaired) electrons. The molecule has 5 nitrogen and oxygen atoms in total. The third kappa shape index (κ3) is 2.49. The second-order valence-electron chi connectivity index (χ2n) is 4.66. The van der Waals surface area contributed by atoms with Crippen molar-refractivity contribution in [3.8, 4) is 0 Å². The number of carbonyl (C=O) groups excluding carboxylic acids is 1. The average Bonchev–Trinajstić information content (AvgIpc) is 2.65. The number of fused-ring (bicyclic) bond motifs is 1. The Morgan fingerprint density at radius 2 is 2.28 bits per heavy atom. The zero-order valence-electron chi connectivity index (χ0n) is 10.9. The van der Waals surface area contributed by atoms with Crippen molar-refractivity contribution in [2.75, 3.05) is 18.1 Å². The molecular weight excluding hydrogens is 250 g/mol. The number of hydrogen-bond acceptors (Lipinski definition) is 4. The maximum Gasteiger partial charge on any atom is 0.272 e. The highest BCUT2D eigenvalue weighted by molar-refractivity contribution is 7.81. The molecule has 2 heterocycles. The molecule has 0 aliphatic carbocycles. The summed E-state index contributed by atoms with van der Waals surface area (Å²) in [4.78, 5) is 16.8. The van der Waals surface area contributed by atoms with Crippen LogP contribution >= 0.6 is 12.6 Å². The average molecular weight is 269 g/mol. The molecule has 1 aromatic rings. The lowest BCUT2D eigenvalue weighted by Crippen LogP contribution is -2.51. The van der Waals surface area contributed by atoms with Crippen molar-refractivity contribution < 1.29 is 9.53 Å². The second kappa shape index (κ2) is 5.24. The minimum atomic E-state index is -0.310. The van der Waals surface area contributed by atoms with E-state index in [-0.39, 0.29) is 17.5 Å². The molecule has 0 bridgehead atoms. The van der Waals surface area contributed by atoms with Gasteiger partial charge in [-0.1, -0.05) is 0 Å². The molecule has 6 heteroatoms. The summed E-state index contributed by atoms with van der Waals surface area (Å²) < 4.78 is 5.55. The molecule has 1 aliphatic heterocycles. The van der Waals surface area contributed by atoms with Crippen molar-refractivity contribution in [3.05, 3.63) is 17.5 Å². The first-order valence-corrected chi connectivity index (χ1v) is 6.57. The molecule has 100 valence electrons. The smallest absolute Gasteiger partial charge is 0.272 e. The molecule has 1 amide bonds. The van der Waals surface area contributed by atoms with E-state index in [1.54, 1.807) is 0 Å². The largest absolute Gasteiger partial charge is 0.377 e. The maximum absolute atomic E-state index is 11.8. The van der Waals surface area contributed by atoms with Crippen molar-refractivity contribution in [2.45, 2.75) is 32.4 Å². The number of nitrogens with one attached hydrogen (secondary N) is 2. The first-order valence-electron chi connectivity index (χ1n) is 6.06. The SMILES string of the molecule is Cc1c[nH]c2c1N(CCOC(C)C)C(S)NC2=O. The summed E-state index contributed by atoms with van der Waals surface area (Å²) in [7, 11) is 0. The number of hydrogen-bond donors (Lipinski definition) is 3. The number of amides is 1. The number of anilines is 1. The summed E-state index contributed by atoms with van der Waals surface area (Å²) in [6, 6.07) is 0. The highest BCUT2D eigenvalue weighted by atomic mass is 32.1. The van der Waals surface area contributed by atoms with E-state index < -0.39 is 0 Å². The van der Waals surface area contributed by atoms with E-state index in [2.05, 4.69) is 22.9 Å². The van der Waals surface area contributed by atoms with Gasteiger partial charge in [0.15, 0.2) is 0 Å². The van der Waals surface area contributed by atoms with Crippen LogP contribution in [0.2, 0.25) is 0 Å². The number of aromatic nitrogens is 1. The molecule has 2 N–H and O–H groups in total. The van der Waals surface area contributed by atoms with Gasteiger partial charge < -0.3 is 19.9 Å². The number of nitrogens with zero attached hydrogens (tertiary/aromatic N) is 1. The highest BCUT2D eigenvalue weighted by Gasteiger charge is 2.31. The van der Waals surface area contributed by atoms with E-state index >= 15 is 0 Å². The molecule has 0 saturated heterocycles. The van der Waals surface area contributed by atoms with Crippen molar-refractivity contribution in [1.82, 2.24) is 10.3 Å². The van der Waals surface area contributed by atoms with Gasteiger partial charge in [0.2, 0.25) is 0 Å². The number of H-pyrrole nitrogens is 1. The van der Waals surface area contributed by atoms with Gasteiger partial charge >= 0.3 is 0 Å². The Morgan fingerprint density at radius 1 is 1.56 bits per heavy atom. The third-order valence-electron chi connectivity index (χ3n) is 2.90. The Bertz CT molecular complexity index is 445. The minimum Gasteiger partial charge on any atom is -0.377 e. The number of aryl methyl sites for hydroxylation is 1. The highest BCUT2D eigenvalue weighted by Crippen LogP contribution is 2.30. The summed E-state index contributed by atoms with van der Waals surface area (Å²) in [5.41, 5.74) is 2.26. The van der Waals surface area contributed by atoms with Crippen LogP contribution in [-0.2, 0) is 4.74 Å². The van der Waals surface area contributed by atoms with Crippen LogP contribution in [0.15, 0.2) is 6.20 Å². The maximum atomic E-state index is 11.8. The monoisotopic (exact) mass is 269 g/mol. The Balaban J connectivity index is 2.16. The molecule has 1 unspecified atom stereocenters. The molecule has 0 spiro atoms. The number of ether oxygens (including phenoxy) is 1. The lowest BCUT2D eigenvalue weighted by atomic mass is 10.2. The van der Waals surface area contributed by atoms with Gasteiger partial charge in [-0.15, -0.1) is 12.6 Å². The van der Waals surface area contributed by atoms with E-state index in [4.69, 9.17) is 4.74 Å². The Hall–Kier alpha value is -1.14. The van der Waals surface area contributed by atoms with E-state index in [0.717, 1.165) is 11.3 Å². The number of carbonyl (C=O) groups is 1. The number of thiol groups is 1. The van der Waals surface area contributed by atoms with Gasteiger partial charge in [0.05, 0.1) is 18.4 Å². The summed E-state index contributed by atoms with van der Waals surface area (Å²) in [5.74, 6) is -0.112. The molecule has 1 atom stereocenters. The summed E-state index contributed by atoms with van der Waals surface area (Å²) in [5, 5.41) is 2.80. The van der Waals surface area contributed by atoms with Crippen molar-refractivity contribution in [2.24, 2.45) is 0 Å². The summed E-state index contributed by atoms with van der Waals surface area (Å²) in [6.45, 7) is 7.28. The first kappa shape index (κ1) is 13.3. The lowest BCUT2D eigenvalue weighted by molar-refractivity contribution is 0.0817. The van der Waals surface area contributed by atoms with Gasteiger partial charge in [-0.25, -0.2) is 0 Å². The van der Waals surface area contributed by atoms with E-state index in [1.165, 1.54) is 0 Å². The van der Waals surface area contributed by atoms with Crippen LogP contribution in [-0.4, -0.2) is 35.6 Å². The number of aromatic amines is 1. The fourth-order valence-corrected chi connectivity index (χ4v) is 2.42. The van der Waals surface area contributed by atoms with Crippen LogP contribution in [0, 0.1) is 6.92 Å². The van der Waals surface area contributed by atoms with Crippen LogP contribution < -0.4 is 10.2 Å². The Morgan fingerprint density at radius 3 is 2.94 bits per heavy atom. The third-order valence-corrected chi connectivity index (χ3v) is 3.30. The molecule has 18 heavy (non-hydrogen) atoms. The molecule has 1 aliphatic rings. The van der Waals surface area contributed by atoms with Gasteiger partial charge in [-0.3, -0.25) is 4.79 Å². The first-order chi connectivity index (χ1) is 8.50. The molecule has 0 fully saturated rings. The molecular formula is C12H19N3O2S. The summed E-state index contributed by atoms with van der Waals surface area (Å²) in [6.07, 6.45) is 2.04. The van der Waals surface area contributed by atoms with Gasteiger partial charge in [-0.2, -0.15) is 0 Å². The van der Waals surface area contributed by atoms with Gasteiger partial charge in [0.1, 0.15) is 11.2 Å². The fraction of sp³-hybridized carbons (Fsp3) is 0.583. The number of rotatable bonds is 4. The lowest BCUT2D eigenvalue weighted by Gasteiger charge is -2.35. The van der Waals surface area contributed by atoms with Crippen LogP contribution in [0.5, 0.6) is 0 Å². The van der Waals surface area contributed by atoms with Crippen LogP contribution in [0.4, 0.5) is 5.69 Å². The summed E-state index contributed by atoms with van der Waals surface area (Å²) >= 11 is 4.41. The molecule has 2 rings (SSSR count). The van der Waals surface area contributed by atoms with Crippen LogP contribution in [0.1, 0.15) is 29.9 Å². The normalized spacial score (nSPS) is 19.1. The van der Waals surface area contributed by atoms with Crippen molar-refractivity contribution in [3.63, 3.8) is 0 Å². The van der Waals surface area contributed by atoms with Crippen molar-refractivity contribution >= 4 is 24.2 Å². The Kier molecular flexibility index (Phi) is 3.87. The zero-order chi connectivity index (χ0) is 13.3. The second-order valence-corrected chi connectivity index (χ2v) is 5.14. The van der Waals surface area contributed by atoms with E-state index in [9.17, 15) is 4.79 Å². The van der Waals surface area contributed by atoms with E-state index in [1.807, 2.05) is 31.9 Å². The standard InChI is InChI=1S/C12H19N3O2S/c1-7(2)17-5-4-15-10-8(3)6-13-9(10)11(16)14-12(15)18/h6-7,12-13,18H,4-5H2,1-3H3,(H,14,16). The molecule has 1 aromatic heterocycles. The zero-order valence-corrected chi connectivity index (χ0v) is 11.8. The minimum absolute atomic E-state index is 0.112. The van der Waals surface area contributed by atoms with Crippen LogP contribution in [0.3, 0.4) is 0 Å². The quantitative estimate of drug-likeness (QED) is 0.726. The van der Waals surface area contributed by atoms with Gasteiger partial charge in [0, 0.05) is 12.7 Å². The van der Waals surface area contributed by atoms with E-state index in [0.29, 0.717) is 18.8 Å².